The van der Waals surface area contributed by atoms with Crippen LogP contribution in [0.3, 0.4) is 0 Å². The monoisotopic (exact) mass is 758 g/mol. The molecule has 0 radical (unpaired) electrons. The Kier molecular flexibility index (Phi) is 7.33. The van der Waals surface area contributed by atoms with Crippen molar-refractivity contribution in [1.82, 2.24) is 19.9 Å². The fourth-order valence-electron chi connectivity index (χ4n) is 8.23. The van der Waals surface area contributed by atoms with Crippen molar-refractivity contribution in [3.8, 4) is 55.9 Å². The van der Waals surface area contributed by atoms with E-state index in [0.717, 1.165) is 71.2 Å². The number of nitrogens with zero attached hydrogens (tertiary/aromatic N) is 4. The molecule has 0 aliphatic heterocycles. The number of rotatable bonds is 5. The van der Waals surface area contributed by atoms with Crippen LogP contribution in [0.4, 0.5) is 0 Å². The summed E-state index contributed by atoms with van der Waals surface area (Å²) in [5.41, 5.74) is 8.81. The van der Waals surface area contributed by atoms with Gasteiger partial charge in [-0.3, -0.25) is 0 Å². The Morgan fingerprint density at radius 1 is 0.328 bits per heavy atom. The second kappa shape index (κ2) is 13.0. The van der Waals surface area contributed by atoms with Gasteiger partial charge in [0.1, 0.15) is 16.2 Å². The van der Waals surface area contributed by atoms with E-state index < -0.39 is 0 Å². The first-order valence-electron chi connectivity index (χ1n) is 19.3. The van der Waals surface area contributed by atoms with E-state index in [0.29, 0.717) is 17.5 Å². The van der Waals surface area contributed by atoms with Crippen LogP contribution < -0.4 is 0 Å². The molecule has 0 fully saturated rings. The molecule has 6 heteroatoms. The normalized spacial score (nSPS) is 11.8. The van der Waals surface area contributed by atoms with Crippen LogP contribution in [0, 0.1) is 0 Å². The van der Waals surface area contributed by atoms with E-state index >= 15 is 0 Å². The molecule has 5 nitrogen and oxygen atoms in total. The van der Waals surface area contributed by atoms with Gasteiger partial charge in [-0.15, -0.1) is 11.3 Å². The Balaban J connectivity index is 0.967. The van der Waals surface area contributed by atoms with Gasteiger partial charge >= 0.3 is 0 Å². The van der Waals surface area contributed by atoms with E-state index in [2.05, 4.69) is 152 Å². The standard InChI is InChI=1S/C52H30N4OS/c1-2-11-34(12-3-1)52-53-47-42-16-7-6-14-39(42)44-29-36(24-27-43(44)48(47)58-52)32-18-21-33(22-19-32)49-54-50(37-23-20-31-10-4-5-13-35(31)28-37)56-51(55-49)38-25-26-41-40-15-8-9-17-45(40)57-46(41)30-38/h1-30H. The number of furan rings is 1. The van der Waals surface area contributed by atoms with Crippen molar-refractivity contribution < 1.29 is 4.42 Å². The number of benzene rings is 9. The first-order valence-corrected chi connectivity index (χ1v) is 20.1. The molecule has 3 heterocycles. The molecular weight excluding hydrogens is 729 g/mol. The fourth-order valence-corrected chi connectivity index (χ4v) is 9.35. The van der Waals surface area contributed by atoms with Crippen LogP contribution in [-0.4, -0.2) is 19.9 Å². The van der Waals surface area contributed by atoms with Gasteiger partial charge in [-0.05, 0) is 63.0 Å². The number of para-hydroxylation sites is 1. The Labute approximate surface area is 336 Å². The summed E-state index contributed by atoms with van der Waals surface area (Å²) in [4.78, 5) is 20.4. The van der Waals surface area contributed by atoms with E-state index in [1.54, 1.807) is 11.3 Å². The Hall–Kier alpha value is -7.54. The van der Waals surface area contributed by atoms with Gasteiger partial charge in [0, 0.05) is 43.8 Å². The van der Waals surface area contributed by atoms with E-state index in [9.17, 15) is 0 Å². The van der Waals surface area contributed by atoms with Crippen LogP contribution in [-0.2, 0) is 0 Å². The molecular formula is C52H30N4OS. The number of thiazole rings is 1. The topological polar surface area (TPSA) is 64.7 Å². The fraction of sp³-hybridized carbons (Fsp3) is 0. The third kappa shape index (κ3) is 5.38. The molecule has 9 aromatic carbocycles. The van der Waals surface area contributed by atoms with E-state index in [4.69, 9.17) is 24.4 Å². The first-order chi connectivity index (χ1) is 28.7. The average molecular weight is 759 g/mol. The number of hydrogen-bond donors (Lipinski definition) is 0. The quantitative estimate of drug-likeness (QED) is 0.164. The third-order valence-corrected chi connectivity index (χ3v) is 12.3. The molecule has 270 valence electrons. The Morgan fingerprint density at radius 3 is 1.74 bits per heavy atom. The van der Waals surface area contributed by atoms with Crippen LogP contribution in [0.25, 0.3) is 120 Å². The van der Waals surface area contributed by atoms with Crippen LogP contribution in [0.2, 0.25) is 0 Å². The van der Waals surface area contributed by atoms with E-state index in [1.807, 2.05) is 30.3 Å². The molecule has 12 rings (SSSR count). The van der Waals surface area contributed by atoms with Crippen molar-refractivity contribution in [3.63, 3.8) is 0 Å². The second-order valence-corrected chi connectivity index (χ2v) is 15.6. The van der Waals surface area contributed by atoms with Gasteiger partial charge in [-0.2, -0.15) is 0 Å². The summed E-state index contributed by atoms with van der Waals surface area (Å²) in [6, 6.07) is 63.5. The molecule has 3 aromatic heterocycles. The van der Waals surface area contributed by atoms with Crippen molar-refractivity contribution in [2.24, 2.45) is 0 Å². The number of fused-ring (bicyclic) bond motifs is 10. The molecule has 0 atom stereocenters. The minimum atomic E-state index is 0.589. The van der Waals surface area contributed by atoms with Gasteiger partial charge < -0.3 is 4.42 Å². The molecule has 0 amide bonds. The third-order valence-electron chi connectivity index (χ3n) is 11.1. The zero-order valence-corrected chi connectivity index (χ0v) is 31.7. The molecule has 0 N–H and O–H groups in total. The number of aromatic nitrogens is 4. The van der Waals surface area contributed by atoms with Crippen LogP contribution in [0.1, 0.15) is 0 Å². The molecule has 0 bridgehead atoms. The molecule has 0 spiro atoms. The maximum Gasteiger partial charge on any atom is 0.164 e. The molecule has 0 aliphatic carbocycles. The largest absolute Gasteiger partial charge is 0.456 e. The lowest BCUT2D eigenvalue weighted by molar-refractivity contribution is 0.669. The van der Waals surface area contributed by atoms with Gasteiger partial charge in [0.2, 0.25) is 0 Å². The molecule has 0 unspecified atom stereocenters. The van der Waals surface area contributed by atoms with Crippen molar-refractivity contribution in [2.75, 3.05) is 0 Å². The highest BCUT2D eigenvalue weighted by atomic mass is 32.1. The molecule has 0 aliphatic rings. The van der Waals surface area contributed by atoms with Gasteiger partial charge in [0.25, 0.3) is 0 Å². The van der Waals surface area contributed by atoms with Crippen molar-refractivity contribution in [3.05, 3.63) is 182 Å². The lowest BCUT2D eigenvalue weighted by Crippen LogP contribution is -2.00. The smallest absolute Gasteiger partial charge is 0.164 e. The van der Waals surface area contributed by atoms with Crippen molar-refractivity contribution >= 4 is 75.8 Å². The van der Waals surface area contributed by atoms with Crippen LogP contribution in [0.5, 0.6) is 0 Å². The minimum absolute atomic E-state index is 0.589. The summed E-state index contributed by atoms with van der Waals surface area (Å²) in [6.45, 7) is 0. The Bertz CT molecular complexity index is 3570. The second-order valence-electron chi connectivity index (χ2n) is 14.6. The Morgan fingerprint density at radius 2 is 0.914 bits per heavy atom. The maximum atomic E-state index is 6.26. The van der Waals surface area contributed by atoms with Crippen molar-refractivity contribution in [2.45, 2.75) is 0 Å². The van der Waals surface area contributed by atoms with E-state index in [-0.39, 0.29) is 0 Å². The van der Waals surface area contributed by atoms with Gasteiger partial charge in [-0.25, -0.2) is 19.9 Å². The summed E-state index contributed by atoms with van der Waals surface area (Å²) in [5.74, 6) is 1.81. The lowest BCUT2D eigenvalue weighted by atomic mass is 9.96. The summed E-state index contributed by atoms with van der Waals surface area (Å²) in [6.07, 6.45) is 0. The van der Waals surface area contributed by atoms with Gasteiger partial charge in [0.05, 0.1) is 10.2 Å². The highest BCUT2D eigenvalue weighted by molar-refractivity contribution is 7.22. The molecule has 12 aromatic rings. The summed E-state index contributed by atoms with van der Waals surface area (Å²) >= 11 is 1.76. The zero-order chi connectivity index (χ0) is 38.2. The van der Waals surface area contributed by atoms with Gasteiger partial charge in [-0.1, -0.05) is 152 Å². The molecule has 58 heavy (non-hydrogen) atoms. The first kappa shape index (κ1) is 32.7. The lowest BCUT2D eigenvalue weighted by Gasteiger charge is -2.11. The predicted octanol–water partition coefficient (Wildman–Crippen LogP) is 14.2. The van der Waals surface area contributed by atoms with E-state index in [1.165, 1.54) is 31.6 Å². The highest BCUT2D eigenvalue weighted by Crippen LogP contribution is 2.42. The highest BCUT2D eigenvalue weighted by Gasteiger charge is 2.17. The van der Waals surface area contributed by atoms with Gasteiger partial charge in [0.15, 0.2) is 17.5 Å². The SMILES string of the molecule is c1ccc(-c2nc3c4ccccc4c4cc(-c5ccc(-c6nc(-c7ccc8ccccc8c7)nc(-c7ccc8c(c7)oc7ccccc78)n6)cc5)ccc4c3s2)cc1. The average Bonchev–Trinajstić information content (AvgIpc) is 3.92. The van der Waals surface area contributed by atoms with Crippen molar-refractivity contribution in [1.29, 1.82) is 0 Å². The minimum Gasteiger partial charge on any atom is -0.456 e. The molecule has 0 saturated carbocycles. The summed E-state index contributed by atoms with van der Waals surface area (Å²) in [5, 5.41) is 10.3. The number of hydrogen-bond acceptors (Lipinski definition) is 6. The maximum absolute atomic E-state index is 6.26. The summed E-state index contributed by atoms with van der Waals surface area (Å²) in [7, 11) is 0. The predicted molar refractivity (Wildman–Crippen MR) is 240 cm³/mol. The molecule has 0 saturated heterocycles. The van der Waals surface area contributed by atoms with Crippen LogP contribution in [0.15, 0.2) is 186 Å². The summed E-state index contributed by atoms with van der Waals surface area (Å²) < 4.78 is 7.47. The van der Waals surface area contributed by atoms with Crippen LogP contribution >= 0.6 is 11.3 Å². The zero-order valence-electron chi connectivity index (χ0n) is 30.9.